The molecule has 0 nitrogen and oxygen atoms in total. The maximum Gasteiger partial charge on any atom is 0.141 e. The summed E-state index contributed by atoms with van der Waals surface area (Å²) in [4.78, 5) is 0. The third-order valence-corrected chi connectivity index (χ3v) is 1.38. The van der Waals surface area contributed by atoms with Gasteiger partial charge in [-0.15, -0.1) is 0 Å². The van der Waals surface area contributed by atoms with Crippen LogP contribution in [-0.4, -0.2) is 13.6 Å². The van der Waals surface area contributed by atoms with Crippen molar-refractivity contribution in [3.63, 3.8) is 0 Å². The highest BCUT2D eigenvalue weighted by molar-refractivity contribution is 8.12. The normalized spacial score (nSPS) is 11.1. The van der Waals surface area contributed by atoms with Crippen molar-refractivity contribution in [2.24, 2.45) is 5.41 Å². The molecule has 0 aliphatic heterocycles. The Kier molecular flexibility index (Phi) is 4.55. The smallest absolute Gasteiger partial charge is 0.141 e. The van der Waals surface area contributed by atoms with Crippen LogP contribution in [0.4, 0.5) is 0 Å². The van der Waals surface area contributed by atoms with Crippen LogP contribution in [-0.2, 0) is 0 Å². The summed E-state index contributed by atoms with van der Waals surface area (Å²) in [6.07, 6.45) is 4.20. The lowest BCUT2D eigenvalue weighted by Gasteiger charge is -2.16. The SMILES string of the molecule is CC(C)(C)CC[B][B]S. The standard InChI is InChI=1S/C6H14B2S/c1-6(2,3)4-5-7-8-9/h9H,4-5H2,1-3H3. The number of hydrogen-bond acceptors (Lipinski definition) is 1. The van der Waals surface area contributed by atoms with Gasteiger partial charge < -0.3 is 0 Å². The lowest BCUT2D eigenvalue weighted by molar-refractivity contribution is 0.398. The molecule has 0 amide bonds. The fourth-order valence-electron chi connectivity index (χ4n) is 0.591. The molecule has 0 spiro atoms. The molecular weight excluding hydrogens is 126 g/mol. The first-order chi connectivity index (χ1) is 4.06. The molecule has 0 saturated heterocycles. The van der Waals surface area contributed by atoms with E-state index in [9.17, 15) is 0 Å². The van der Waals surface area contributed by atoms with Gasteiger partial charge in [-0.05, 0) is 5.41 Å². The lowest BCUT2D eigenvalue weighted by atomic mass is 9.50. The molecule has 0 aromatic rings. The second-order valence-corrected chi connectivity index (χ2v) is 3.78. The molecule has 3 heteroatoms. The molecule has 0 saturated carbocycles. The van der Waals surface area contributed by atoms with Crippen molar-refractivity contribution in [2.45, 2.75) is 33.5 Å². The first kappa shape index (κ1) is 9.48. The molecule has 0 atom stereocenters. The fourth-order valence-corrected chi connectivity index (χ4v) is 0.740. The molecule has 0 bridgehead atoms. The Labute approximate surface area is 65.6 Å². The quantitative estimate of drug-likeness (QED) is 0.346. The van der Waals surface area contributed by atoms with Gasteiger partial charge in [-0.1, -0.05) is 33.5 Å². The van der Waals surface area contributed by atoms with Crippen molar-refractivity contribution < 1.29 is 0 Å². The zero-order valence-electron chi connectivity index (χ0n) is 6.52. The van der Waals surface area contributed by atoms with E-state index in [1.807, 2.05) is 6.45 Å². The predicted octanol–water partition coefficient (Wildman–Crippen LogP) is 2.01. The van der Waals surface area contributed by atoms with Gasteiger partial charge in [-0.25, -0.2) is 12.5 Å². The highest BCUT2D eigenvalue weighted by Gasteiger charge is 2.08. The third-order valence-electron chi connectivity index (χ3n) is 1.17. The zero-order valence-corrected chi connectivity index (χ0v) is 7.41. The molecule has 50 valence electrons. The second-order valence-electron chi connectivity index (χ2n) is 3.48. The molecule has 0 N–H and O–H groups in total. The number of thiol groups is 1. The molecule has 0 heterocycles. The third kappa shape index (κ3) is 8.48. The van der Waals surface area contributed by atoms with Crippen molar-refractivity contribution in [1.29, 1.82) is 0 Å². The monoisotopic (exact) mass is 140 g/mol. The summed E-state index contributed by atoms with van der Waals surface area (Å²) in [5.74, 6) is 0. The van der Waals surface area contributed by atoms with Gasteiger partial charge in [0.05, 0.1) is 7.17 Å². The van der Waals surface area contributed by atoms with Gasteiger partial charge in [0, 0.05) is 0 Å². The lowest BCUT2D eigenvalue weighted by Crippen LogP contribution is -2.07. The van der Waals surface area contributed by atoms with Crippen LogP contribution in [0.2, 0.25) is 6.32 Å². The van der Waals surface area contributed by atoms with Crippen LogP contribution in [0.25, 0.3) is 0 Å². The van der Waals surface area contributed by atoms with Crippen molar-refractivity contribution in [3.05, 3.63) is 0 Å². The second kappa shape index (κ2) is 4.32. The van der Waals surface area contributed by atoms with E-state index in [1.165, 1.54) is 6.42 Å². The Morgan fingerprint density at radius 2 is 1.89 bits per heavy atom. The average molecular weight is 140 g/mol. The van der Waals surface area contributed by atoms with Crippen LogP contribution in [0.1, 0.15) is 27.2 Å². The van der Waals surface area contributed by atoms with E-state index in [4.69, 9.17) is 0 Å². The Bertz CT molecular complexity index is 67.9. The summed E-state index contributed by atoms with van der Waals surface area (Å²) in [7, 11) is 2.09. The highest BCUT2D eigenvalue weighted by atomic mass is 32.1. The summed E-state index contributed by atoms with van der Waals surface area (Å²) in [5, 5.41) is 0. The summed E-state index contributed by atoms with van der Waals surface area (Å²) in [6.45, 7) is 6.75. The summed E-state index contributed by atoms with van der Waals surface area (Å²) in [5.41, 5.74) is 0.466. The van der Waals surface area contributed by atoms with Crippen molar-refractivity contribution in [2.75, 3.05) is 0 Å². The molecule has 0 aromatic heterocycles. The van der Waals surface area contributed by atoms with Crippen LogP contribution in [0.5, 0.6) is 0 Å². The molecule has 0 rings (SSSR count). The Morgan fingerprint density at radius 1 is 1.33 bits per heavy atom. The Balaban J connectivity index is 3.07. The first-order valence-corrected chi connectivity index (χ1v) is 3.87. The van der Waals surface area contributed by atoms with E-state index in [0.29, 0.717) is 5.41 Å². The van der Waals surface area contributed by atoms with Crippen LogP contribution < -0.4 is 0 Å². The molecule has 0 aromatic carbocycles. The minimum absolute atomic E-state index is 0.466. The highest BCUT2D eigenvalue weighted by Crippen LogP contribution is 2.20. The van der Waals surface area contributed by atoms with Gasteiger partial charge in [0.15, 0.2) is 0 Å². The molecule has 0 aliphatic rings. The van der Waals surface area contributed by atoms with Crippen molar-refractivity contribution in [3.8, 4) is 0 Å². The van der Waals surface area contributed by atoms with E-state index in [2.05, 4.69) is 40.4 Å². The Morgan fingerprint density at radius 3 is 2.22 bits per heavy atom. The predicted molar refractivity (Wildman–Crippen MR) is 49.4 cm³/mol. The van der Waals surface area contributed by atoms with Crippen molar-refractivity contribution >= 4 is 26.1 Å². The van der Waals surface area contributed by atoms with E-state index < -0.39 is 0 Å². The minimum Gasteiger partial charge on any atom is -0.245 e. The van der Waals surface area contributed by atoms with Crippen LogP contribution in [0.15, 0.2) is 0 Å². The molecule has 9 heavy (non-hydrogen) atoms. The van der Waals surface area contributed by atoms with Crippen molar-refractivity contribution in [1.82, 2.24) is 0 Å². The van der Waals surface area contributed by atoms with Gasteiger partial charge in [-0.3, -0.25) is 0 Å². The zero-order chi connectivity index (χ0) is 7.33. The topological polar surface area (TPSA) is 0 Å². The molecule has 0 unspecified atom stereocenters. The van der Waals surface area contributed by atoms with Gasteiger partial charge in [0.2, 0.25) is 0 Å². The van der Waals surface area contributed by atoms with E-state index in [-0.39, 0.29) is 0 Å². The maximum absolute atomic E-state index is 3.97. The van der Waals surface area contributed by atoms with Crippen LogP contribution >= 0.6 is 12.5 Å². The molecule has 0 aliphatic carbocycles. The minimum atomic E-state index is 0.466. The largest absolute Gasteiger partial charge is 0.245 e. The summed E-state index contributed by atoms with van der Waals surface area (Å²) < 4.78 is 0. The van der Waals surface area contributed by atoms with E-state index in [0.717, 1.165) is 6.32 Å². The Hall–Kier alpha value is 0.480. The molecule has 0 fully saturated rings. The molecular formula is C6H14B2S. The van der Waals surface area contributed by atoms with E-state index >= 15 is 0 Å². The number of rotatable bonds is 3. The van der Waals surface area contributed by atoms with Gasteiger partial charge >= 0.3 is 0 Å². The summed E-state index contributed by atoms with van der Waals surface area (Å²) >= 11 is 3.97. The van der Waals surface area contributed by atoms with Gasteiger partial charge in [0.1, 0.15) is 6.45 Å². The van der Waals surface area contributed by atoms with Crippen LogP contribution in [0.3, 0.4) is 0 Å². The van der Waals surface area contributed by atoms with Crippen LogP contribution in [0, 0.1) is 5.41 Å². The van der Waals surface area contributed by atoms with E-state index in [1.54, 1.807) is 0 Å². The van der Waals surface area contributed by atoms with Gasteiger partial charge in [0.25, 0.3) is 0 Å². The summed E-state index contributed by atoms with van der Waals surface area (Å²) in [6, 6.07) is 0. The molecule has 2 radical (unpaired) electrons. The number of hydrogen-bond donors (Lipinski definition) is 1. The fraction of sp³-hybridized carbons (Fsp3) is 1.00. The first-order valence-electron chi connectivity index (χ1n) is 3.35. The maximum atomic E-state index is 3.97. The van der Waals surface area contributed by atoms with Gasteiger partial charge in [-0.2, -0.15) is 0 Å². The average Bonchev–Trinajstić information content (AvgIpc) is 1.63.